The number of hydrogen-bond acceptors (Lipinski definition) is 3. The number of hydrogen-bond donors (Lipinski definition) is 1. The van der Waals surface area contributed by atoms with Gasteiger partial charge in [0.05, 0.1) is 6.54 Å². The Morgan fingerprint density at radius 3 is 2.38 bits per heavy atom. The van der Waals surface area contributed by atoms with Gasteiger partial charge in [0.15, 0.2) is 0 Å². The summed E-state index contributed by atoms with van der Waals surface area (Å²) in [5.41, 5.74) is -0.385. The molecule has 0 rings (SSSR count). The molecule has 96 valence electrons. The number of rotatable bonds is 7. The van der Waals surface area contributed by atoms with Crippen molar-refractivity contribution in [1.82, 2.24) is 5.32 Å². The molecule has 0 aliphatic rings. The van der Waals surface area contributed by atoms with Gasteiger partial charge in [0.1, 0.15) is 5.60 Å². The van der Waals surface area contributed by atoms with E-state index in [0.717, 1.165) is 12.8 Å². The molecule has 1 atom stereocenters. The first kappa shape index (κ1) is 15.4. The van der Waals surface area contributed by atoms with Gasteiger partial charge in [-0.25, -0.2) is 0 Å². The van der Waals surface area contributed by atoms with Crippen LogP contribution >= 0.6 is 0 Å². The van der Waals surface area contributed by atoms with Crippen molar-refractivity contribution in [2.75, 3.05) is 6.54 Å². The summed E-state index contributed by atoms with van der Waals surface area (Å²) in [6, 6.07) is 0.437. The van der Waals surface area contributed by atoms with Crippen molar-refractivity contribution in [1.29, 1.82) is 0 Å². The van der Waals surface area contributed by atoms with Crippen LogP contribution in [0.5, 0.6) is 0 Å². The summed E-state index contributed by atoms with van der Waals surface area (Å²) in [5.74, 6) is -0.164. The largest absolute Gasteiger partial charge is 0.459 e. The number of esters is 1. The lowest BCUT2D eigenvalue weighted by atomic mass is 10.1. The monoisotopic (exact) mass is 229 g/mol. The standard InChI is InChI=1S/C13H27NO2/c1-6-8-9-11(7-2)14-10-12(15)16-13(3,4)5/h11,14H,6-10H2,1-5H3. The Kier molecular flexibility index (Phi) is 7.39. The van der Waals surface area contributed by atoms with E-state index < -0.39 is 0 Å². The summed E-state index contributed by atoms with van der Waals surface area (Å²) in [6.45, 7) is 10.3. The van der Waals surface area contributed by atoms with E-state index in [-0.39, 0.29) is 11.6 Å². The third-order valence-corrected chi connectivity index (χ3v) is 2.35. The van der Waals surface area contributed by atoms with Gasteiger partial charge in [-0.2, -0.15) is 0 Å². The van der Waals surface area contributed by atoms with Crippen molar-refractivity contribution < 1.29 is 9.53 Å². The van der Waals surface area contributed by atoms with Crippen LogP contribution in [-0.2, 0) is 9.53 Å². The molecular weight excluding hydrogens is 202 g/mol. The minimum atomic E-state index is -0.385. The van der Waals surface area contributed by atoms with Gasteiger partial charge < -0.3 is 10.1 Å². The second-order valence-electron chi connectivity index (χ2n) is 5.21. The minimum Gasteiger partial charge on any atom is -0.459 e. The van der Waals surface area contributed by atoms with E-state index in [4.69, 9.17) is 4.74 Å². The Hall–Kier alpha value is -0.570. The molecule has 1 N–H and O–H groups in total. The zero-order chi connectivity index (χ0) is 12.6. The van der Waals surface area contributed by atoms with E-state index in [1.807, 2.05) is 20.8 Å². The van der Waals surface area contributed by atoms with Crippen molar-refractivity contribution in [2.24, 2.45) is 0 Å². The van der Waals surface area contributed by atoms with Crippen molar-refractivity contribution in [3.63, 3.8) is 0 Å². The minimum absolute atomic E-state index is 0.164. The lowest BCUT2D eigenvalue weighted by Gasteiger charge is -2.21. The first-order chi connectivity index (χ1) is 7.39. The first-order valence-corrected chi connectivity index (χ1v) is 6.34. The van der Waals surface area contributed by atoms with Crippen LogP contribution in [0.15, 0.2) is 0 Å². The lowest BCUT2D eigenvalue weighted by molar-refractivity contribution is -0.153. The third kappa shape index (κ3) is 8.72. The number of nitrogens with one attached hydrogen (secondary N) is 1. The van der Waals surface area contributed by atoms with Gasteiger partial charge in [-0.15, -0.1) is 0 Å². The molecule has 0 aromatic heterocycles. The van der Waals surface area contributed by atoms with Gasteiger partial charge in [0, 0.05) is 6.04 Å². The summed E-state index contributed by atoms with van der Waals surface area (Å²) in [6.07, 6.45) is 4.60. The van der Waals surface area contributed by atoms with Crippen LogP contribution in [-0.4, -0.2) is 24.2 Å². The second-order valence-corrected chi connectivity index (χ2v) is 5.21. The molecule has 0 saturated heterocycles. The molecule has 0 spiro atoms. The van der Waals surface area contributed by atoms with Gasteiger partial charge in [-0.1, -0.05) is 26.7 Å². The average molecular weight is 229 g/mol. The van der Waals surface area contributed by atoms with E-state index in [1.165, 1.54) is 12.8 Å². The van der Waals surface area contributed by atoms with E-state index >= 15 is 0 Å². The van der Waals surface area contributed by atoms with Crippen LogP contribution in [0.1, 0.15) is 60.3 Å². The highest BCUT2D eigenvalue weighted by Crippen LogP contribution is 2.07. The Balaban J connectivity index is 3.79. The van der Waals surface area contributed by atoms with Crippen LogP contribution < -0.4 is 5.32 Å². The average Bonchev–Trinajstić information content (AvgIpc) is 2.15. The molecule has 0 bridgehead atoms. The fraction of sp³-hybridized carbons (Fsp3) is 0.923. The summed E-state index contributed by atoms with van der Waals surface area (Å²) >= 11 is 0. The van der Waals surface area contributed by atoms with E-state index in [1.54, 1.807) is 0 Å². The number of unbranched alkanes of at least 4 members (excludes halogenated alkanes) is 1. The van der Waals surface area contributed by atoms with E-state index in [0.29, 0.717) is 12.6 Å². The highest BCUT2D eigenvalue weighted by atomic mass is 16.6. The second kappa shape index (κ2) is 7.66. The molecular formula is C13H27NO2. The number of ether oxygens (including phenoxy) is 1. The highest BCUT2D eigenvalue weighted by molar-refractivity contribution is 5.72. The number of carbonyl (C=O) groups excluding carboxylic acids is 1. The molecule has 0 aliphatic heterocycles. The van der Waals surface area contributed by atoms with E-state index in [2.05, 4.69) is 19.2 Å². The summed E-state index contributed by atoms with van der Waals surface area (Å²) in [5, 5.41) is 3.25. The smallest absolute Gasteiger partial charge is 0.320 e. The van der Waals surface area contributed by atoms with Crippen LogP contribution in [0.3, 0.4) is 0 Å². The maximum atomic E-state index is 11.5. The van der Waals surface area contributed by atoms with Crippen LogP contribution in [0.2, 0.25) is 0 Å². The summed E-state index contributed by atoms with van der Waals surface area (Å²) in [7, 11) is 0. The topological polar surface area (TPSA) is 38.3 Å². The first-order valence-electron chi connectivity index (χ1n) is 6.34. The van der Waals surface area contributed by atoms with E-state index in [9.17, 15) is 4.79 Å². The fourth-order valence-electron chi connectivity index (χ4n) is 1.51. The van der Waals surface area contributed by atoms with Crippen LogP contribution in [0.4, 0.5) is 0 Å². The molecule has 0 saturated carbocycles. The van der Waals surface area contributed by atoms with Gasteiger partial charge in [-0.05, 0) is 33.6 Å². The maximum absolute atomic E-state index is 11.5. The quantitative estimate of drug-likeness (QED) is 0.682. The van der Waals surface area contributed by atoms with Crippen molar-refractivity contribution in [3.05, 3.63) is 0 Å². The summed E-state index contributed by atoms with van der Waals surface area (Å²) in [4.78, 5) is 11.5. The predicted octanol–water partition coefficient (Wildman–Crippen LogP) is 2.89. The molecule has 0 aromatic rings. The Labute approximate surface area is 99.9 Å². The zero-order valence-corrected chi connectivity index (χ0v) is 11.4. The Morgan fingerprint density at radius 2 is 1.94 bits per heavy atom. The van der Waals surface area contributed by atoms with Gasteiger partial charge >= 0.3 is 5.97 Å². The molecule has 0 fully saturated rings. The maximum Gasteiger partial charge on any atom is 0.320 e. The molecule has 0 aromatic carbocycles. The van der Waals surface area contributed by atoms with Crippen LogP contribution in [0, 0.1) is 0 Å². The van der Waals surface area contributed by atoms with Crippen molar-refractivity contribution in [2.45, 2.75) is 71.9 Å². The molecule has 1 unspecified atom stereocenters. The lowest BCUT2D eigenvalue weighted by Crippen LogP contribution is -2.36. The van der Waals surface area contributed by atoms with Gasteiger partial charge in [0.2, 0.25) is 0 Å². The highest BCUT2D eigenvalue weighted by Gasteiger charge is 2.16. The summed E-state index contributed by atoms with van der Waals surface area (Å²) < 4.78 is 5.24. The SMILES string of the molecule is CCCCC(CC)NCC(=O)OC(C)(C)C. The van der Waals surface area contributed by atoms with Crippen molar-refractivity contribution in [3.8, 4) is 0 Å². The number of carbonyl (C=O) groups is 1. The Bertz CT molecular complexity index is 197. The molecule has 0 heterocycles. The molecule has 0 radical (unpaired) electrons. The van der Waals surface area contributed by atoms with Gasteiger partial charge in [-0.3, -0.25) is 4.79 Å². The molecule has 3 nitrogen and oxygen atoms in total. The molecule has 0 aliphatic carbocycles. The molecule has 3 heteroatoms. The molecule has 16 heavy (non-hydrogen) atoms. The van der Waals surface area contributed by atoms with Gasteiger partial charge in [0.25, 0.3) is 0 Å². The normalized spacial score (nSPS) is 13.6. The van der Waals surface area contributed by atoms with Crippen molar-refractivity contribution >= 4 is 5.97 Å². The predicted molar refractivity (Wildman–Crippen MR) is 67.5 cm³/mol. The zero-order valence-electron chi connectivity index (χ0n) is 11.4. The third-order valence-electron chi connectivity index (χ3n) is 2.35. The Morgan fingerprint density at radius 1 is 1.31 bits per heavy atom. The van der Waals surface area contributed by atoms with Crippen LogP contribution in [0.25, 0.3) is 0 Å². The molecule has 0 amide bonds. The fourth-order valence-corrected chi connectivity index (χ4v) is 1.51.